The average Bonchev–Trinajstić information content (AvgIpc) is 3.47. The number of aromatic nitrogens is 7. The van der Waals surface area contributed by atoms with Crippen LogP contribution in [0.1, 0.15) is 50.3 Å². The molecular weight excluding hydrogens is 386 g/mol. The third-order valence-electron chi connectivity index (χ3n) is 5.09. The van der Waals surface area contributed by atoms with Crippen molar-refractivity contribution >= 4 is 6.08 Å². The van der Waals surface area contributed by atoms with Crippen molar-refractivity contribution in [3.8, 4) is 22.5 Å². The van der Waals surface area contributed by atoms with Crippen LogP contribution in [-0.4, -0.2) is 35.4 Å². The average molecular weight is 414 g/mol. The first-order chi connectivity index (χ1) is 15.3. The number of unbranched alkanes of at least 4 members (excludes halogenated alkanes) is 1. The molecule has 0 spiro atoms. The number of H-pyrrole nitrogens is 1. The number of rotatable bonds is 9. The van der Waals surface area contributed by atoms with Crippen LogP contribution >= 0.6 is 0 Å². The number of nitrogens with one attached hydrogen (secondary N) is 1. The highest BCUT2D eigenvalue weighted by molar-refractivity contribution is 5.70. The Bertz CT molecular complexity index is 1130. The fourth-order valence-corrected chi connectivity index (χ4v) is 3.40. The number of aromatic amines is 1. The molecule has 4 aromatic rings. The number of hydrogen-bond donors (Lipinski definition) is 1. The van der Waals surface area contributed by atoms with Crippen molar-refractivity contribution in [2.24, 2.45) is 0 Å². The van der Waals surface area contributed by atoms with E-state index < -0.39 is 0 Å². The highest BCUT2D eigenvalue weighted by Crippen LogP contribution is 2.24. The minimum atomic E-state index is 0.594. The van der Waals surface area contributed by atoms with Crippen molar-refractivity contribution in [2.45, 2.75) is 46.1 Å². The molecule has 1 N–H and O–H groups in total. The third kappa shape index (κ3) is 5.12. The highest BCUT2D eigenvalue weighted by atomic mass is 15.5. The number of hydrogen-bond acceptors (Lipinski definition) is 5. The van der Waals surface area contributed by atoms with Crippen LogP contribution < -0.4 is 0 Å². The minimum absolute atomic E-state index is 0.594. The molecule has 0 aliphatic heterocycles. The number of tetrazole rings is 1. The molecule has 0 fully saturated rings. The molecule has 0 aliphatic rings. The number of allylic oxidation sites excluding steroid dienone is 1. The lowest BCUT2D eigenvalue weighted by Crippen LogP contribution is -2.04. The fourth-order valence-electron chi connectivity index (χ4n) is 3.40. The van der Waals surface area contributed by atoms with Gasteiger partial charge in [-0.05, 0) is 46.9 Å². The first kappa shape index (κ1) is 20.7. The molecule has 0 saturated heterocycles. The van der Waals surface area contributed by atoms with Gasteiger partial charge in [-0.3, -0.25) is 0 Å². The van der Waals surface area contributed by atoms with E-state index in [1.165, 1.54) is 5.56 Å². The lowest BCUT2D eigenvalue weighted by Gasteiger charge is -2.07. The molecule has 4 rings (SSSR count). The van der Waals surface area contributed by atoms with Gasteiger partial charge < -0.3 is 0 Å². The number of benzene rings is 2. The molecule has 2 aromatic heterocycles. The van der Waals surface area contributed by atoms with E-state index in [0.717, 1.165) is 54.0 Å². The van der Waals surface area contributed by atoms with Gasteiger partial charge >= 0.3 is 0 Å². The third-order valence-corrected chi connectivity index (χ3v) is 5.09. The molecule has 0 aliphatic carbocycles. The molecule has 0 radical (unpaired) electrons. The number of nitrogens with zero attached hydrogens (tertiary/aromatic N) is 6. The lowest BCUT2D eigenvalue weighted by molar-refractivity contribution is 0.656. The highest BCUT2D eigenvalue weighted by Gasteiger charge is 2.09. The van der Waals surface area contributed by atoms with Crippen LogP contribution in [0, 0.1) is 0 Å². The second-order valence-electron chi connectivity index (χ2n) is 7.47. The Labute approximate surface area is 182 Å². The first-order valence-corrected chi connectivity index (χ1v) is 10.8. The van der Waals surface area contributed by atoms with Crippen LogP contribution in [-0.2, 0) is 13.0 Å². The summed E-state index contributed by atoms with van der Waals surface area (Å²) in [6.07, 6.45) is 8.35. The first-order valence-electron chi connectivity index (χ1n) is 10.8. The summed E-state index contributed by atoms with van der Waals surface area (Å²) >= 11 is 0. The summed E-state index contributed by atoms with van der Waals surface area (Å²) in [6.45, 7) is 5.02. The van der Waals surface area contributed by atoms with Crippen LogP contribution in [0.5, 0.6) is 0 Å². The maximum absolute atomic E-state index is 4.75. The molecule has 0 atom stereocenters. The van der Waals surface area contributed by atoms with Crippen molar-refractivity contribution in [1.29, 1.82) is 0 Å². The number of aryl methyl sites for hydroxylation is 1. The van der Waals surface area contributed by atoms with Crippen molar-refractivity contribution in [3.63, 3.8) is 0 Å². The molecule has 0 unspecified atom stereocenters. The van der Waals surface area contributed by atoms with Crippen molar-refractivity contribution in [2.75, 3.05) is 0 Å². The van der Waals surface area contributed by atoms with Crippen LogP contribution in [0.2, 0.25) is 0 Å². The lowest BCUT2D eigenvalue weighted by atomic mass is 10.0. The van der Waals surface area contributed by atoms with Gasteiger partial charge in [-0.15, -0.1) is 10.2 Å². The second kappa shape index (κ2) is 9.93. The predicted molar refractivity (Wildman–Crippen MR) is 122 cm³/mol. The summed E-state index contributed by atoms with van der Waals surface area (Å²) in [5, 5.41) is 19.0. The van der Waals surface area contributed by atoms with Crippen LogP contribution in [0.3, 0.4) is 0 Å². The van der Waals surface area contributed by atoms with Gasteiger partial charge in [0, 0.05) is 12.0 Å². The van der Waals surface area contributed by atoms with Gasteiger partial charge in [0.05, 0.1) is 6.54 Å². The smallest absolute Gasteiger partial charge is 0.204 e. The predicted octanol–water partition coefficient (Wildman–Crippen LogP) is 4.94. The van der Waals surface area contributed by atoms with E-state index in [2.05, 4.69) is 83.0 Å². The van der Waals surface area contributed by atoms with E-state index in [0.29, 0.717) is 12.4 Å². The Morgan fingerprint density at radius 3 is 2.58 bits per heavy atom. The van der Waals surface area contributed by atoms with Crippen molar-refractivity contribution < 1.29 is 0 Å². The molecule has 31 heavy (non-hydrogen) atoms. The molecular formula is C24H27N7. The largest absolute Gasteiger partial charge is 0.242 e. The summed E-state index contributed by atoms with van der Waals surface area (Å²) in [7, 11) is 0. The fraction of sp³-hybridized carbons (Fsp3) is 0.292. The van der Waals surface area contributed by atoms with Gasteiger partial charge in [0.15, 0.2) is 11.6 Å². The molecule has 0 saturated carbocycles. The Kier molecular flexibility index (Phi) is 6.62. The van der Waals surface area contributed by atoms with Crippen LogP contribution in [0.15, 0.2) is 54.6 Å². The maximum atomic E-state index is 4.75. The molecule has 2 aromatic carbocycles. The van der Waals surface area contributed by atoms with E-state index in [-0.39, 0.29) is 0 Å². The van der Waals surface area contributed by atoms with Gasteiger partial charge in [-0.2, -0.15) is 10.3 Å². The zero-order valence-electron chi connectivity index (χ0n) is 18.0. The van der Waals surface area contributed by atoms with Crippen LogP contribution in [0.25, 0.3) is 28.6 Å². The standard InChI is InChI=1S/C24H27N7/c1-3-5-10-22-25-23(11-6-4-2)31(28-22)17-18-12-14-19(15-13-18)20-8-7-9-21(16-20)24-26-29-30-27-24/h6-9,11-16H,3-5,10,17H2,1-2H3,(H,26,27,29,30)/b11-6+. The molecule has 0 amide bonds. The SMILES string of the molecule is CC/C=C/c1nc(CCCC)nn1Cc1ccc(-c2cccc(-c3nn[nH]n3)c2)cc1. The van der Waals surface area contributed by atoms with Gasteiger partial charge in [-0.1, -0.05) is 68.8 Å². The Morgan fingerprint density at radius 2 is 1.84 bits per heavy atom. The zero-order valence-corrected chi connectivity index (χ0v) is 18.0. The molecule has 2 heterocycles. The summed E-state index contributed by atoms with van der Waals surface area (Å²) in [6, 6.07) is 16.7. The molecule has 7 heteroatoms. The molecule has 158 valence electrons. The second-order valence-corrected chi connectivity index (χ2v) is 7.47. The van der Waals surface area contributed by atoms with E-state index in [1.54, 1.807) is 0 Å². The molecule has 0 bridgehead atoms. The molecule has 7 nitrogen and oxygen atoms in total. The van der Waals surface area contributed by atoms with E-state index in [1.807, 2.05) is 16.8 Å². The maximum Gasteiger partial charge on any atom is 0.204 e. The van der Waals surface area contributed by atoms with Crippen LogP contribution in [0.4, 0.5) is 0 Å². The van der Waals surface area contributed by atoms with Crippen molar-refractivity contribution in [1.82, 2.24) is 35.4 Å². The summed E-state index contributed by atoms with van der Waals surface area (Å²) < 4.78 is 2.00. The Balaban J connectivity index is 1.53. The Hall–Kier alpha value is -3.61. The quantitative estimate of drug-likeness (QED) is 0.420. The van der Waals surface area contributed by atoms with Gasteiger partial charge in [0.25, 0.3) is 0 Å². The van der Waals surface area contributed by atoms with E-state index in [9.17, 15) is 0 Å². The summed E-state index contributed by atoms with van der Waals surface area (Å²) in [4.78, 5) is 4.73. The van der Waals surface area contributed by atoms with E-state index in [4.69, 9.17) is 10.1 Å². The monoisotopic (exact) mass is 413 g/mol. The minimum Gasteiger partial charge on any atom is -0.242 e. The van der Waals surface area contributed by atoms with Gasteiger partial charge in [0.2, 0.25) is 5.82 Å². The van der Waals surface area contributed by atoms with Gasteiger partial charge in [-0.25, -0.2) is 9.67 Å². The van der Waals surface area contributed by atoms with Crippen molar-refractivity contribution in [3.05, 3.63) is 71.8 Å². The Morgan fingerprint density at radius 1 is 1.00 bits per heavy atom. The summed E-state index contributed by atoms with van der Waals surface area (Å²) in [5.74, 6) is 2.44. The van der Waals surface area contributed by atoms with Gasteiger partial charge in [0.1, 0.15) is 0 Å². The normalized spacial score (nSPS) is 11.4. The topological polar surface area (TPSA) is 85.2 Å². The zero-order chi connectivity index (χ0) is 21.5. The summed E-state index contributed by atoms with van der Waals surface area (Å²) in [5.41, 5.74) is 4.38. The van der Waals surface area contributed by atoms with E-state index >= 15 is 0 Å².